The van der Waals surface area contributed by atoms with Gasteiger partial charge in [-0.3, -0.25) is 0 Å². The van der Waals surface area contributed by atoms with E-state index in [1.165, 1.54) is 12.5 Å². The second-order valence-corrected chi connectivity index (χ2v) is 2.13. The number of aliphatic hydroxyl groups is 1. The van der Waals surface area contributed by atoms with Crippen LogP contribution >= 0.6 is 0 Å². The molecule has 0 unspecified atom stereocenters. The molecule has 64 valence electrons. The van der Waals surface area contributed by atoms with Gasteiger partial charge in [-0.1, -0.05) is 5.11 Å². The number of rotatable bonds is 4. The molecule has 1 atom stereocenters. The predicted octanol–water partition coefficient (Wildman–Crippen LogP) is 1.41. The number of nitrogens with zero attached hydrogens (tertiary/aromatic N) is 4. The summed E-state index contributed by atoms with van der Waals surface area (Å²) in [7, 11) is 0. The van der Waals surface area contributed by atoms with Gasteiger partial charge in [0.2, 0.25) is 5.89 Å². The van der Waals surface area contributed by atoms with Gasteiger partial charge in [0.05, 0.1) is 6.20 Å². The Labute approximate surface area is 68.5 Å². The first kappa shape index (κ1) is 8.58. The van der Waals surface area contributed by atoms with Gasteiger partial charge in [-0.25, -0.2) is 4.98 Å². The maximum atomic E-state index is 9.30. The minimum Gasteiger partial charge on any atom is -0.446 e. The largest absolute Gasteiger partial charge is 0.446 e. The Hall–Kier alpha value is -1.52. The van der Waals surface area contributed by atoms with Gasteiger partial charge < -0.3 is 9.52 Å². The van der Waals surface area contributed by atoms with E-state index < -0.39 is 6.10 Å². The maximum Gasteiger partial charge on any atom is 0.222 e. The average Bonchev–Trinajstić information content (AvgIpc) is 2.56. The molecule has 6 heteroatoms. The molecule has 0 radical (unpaired) electrons. The van der Waals surface area contributed by atoms with Crippen molar-refractivity contribution < 1.29 is 9.52 Å². The second-order valence-electron chi connectivity index (χ2n) is 2.13. The lowest BCUT2D eigenvalue weighted by Crippen LogP contribution is -1.98. The molecule has 0 aliphatic carbocycles. The Bertz CT molecular complexity index is 265. The molecule has 1 rings (SSSR count). The number of oxazole rings is 1. The molecule has 0 fully saturated rings. The summed E-state index contributed by atoms with van der Waals surface area (Å²) in [6, 6.07) is 0. The number of hydrogen-bond acceptors (Lipinski definition) is 4. The summed E-state index contributed by atoms with van der Waals surface area (Å²) < 4.78 is 4.83. The van der Waals surface area contributed by atoms with E-state index in [-0.39, 0.29) is 12.4 Å². The van der Waals surface area contributed by atoms with Gasteiger partial charge in [0.1, 0.15) is 12.4 Å². The van der Waals surface area contributed by atoms with Gasteiger partial charge in [-0.2, -0.15) is 0 Å². The second kappa shape index (κ2) is 4.38. The number of aliphatic hydroxyl groups excluding tert-OH is 1. The van der Waals surface area contributed by atoms with E-state index in [0.29, 0.717) is 6.42 Å². The van der Waals surface area contributed by atoms with Crippen LogP contribution in [0.5, 0.6) is 0 Å². The van der Waals surface area contributed by atoms with E-state index in [4.69, 9.17) is 9.95 Å². The minimum absolute atomic E-state index is 0.236. The number of hydrogen-bond donors (Lipinski definition) is 1. The Morgan fingerprint density at radius 3 is 3.25 bits per heavy atom. The van der Waals surface area contributed by atoms with E-state index in [9.17, 15) is 5.11 Å². The molecule has 0 spiro atoms. The van der Waals surface area contributed by atoms with E-state index in [1.54, 1.807) is 0 Å². The van der Waals surface area contributed by atoms with Crippen molar-refractivity contribution in [1.82, 2.24) is 4.98 Å². The fourth-order valence-electron chi connectivity index (χ4n) is 0.747. The summed E-state index contributed by atoms with van der Waals surface area (Å²) in [6.45, 7) is 0.236. The molecule has 0 aromatic carbocycles. The Morgan fingerprint density at radius 1 is 1.83 bits per heavy atom. The molecule has 1 N–H and O–H groups in total. The molecular weight excluding hydrogens is 160 g/mol. The minimum atomic E-state index is -0.787. The lowest BCUT2D eigenvalue weighted by atomic mass is 10.2. The summed E-state index contributed by atoms with van der Waals surface area (Å²) in [6.07, 6.45) is 2.37. The Balaban J connectivity index is 2.39. The van der Waals surface area contributed by atoms with Crippen molar-refractivity contribution in [3.63, 3.8) is 0 Å². The van der Waals surface area contributed by atoms with Crippen LogP contribution in [-0.4, -0.2) is 16.6 Å². The van der Waals surface area contributed by atoms with Crippen LogP contribution in [0, 0.1) is 0 Å². The maximum absolute atomic E-state index is 9.30. The summed E-state index contributed by atoms with van der Waals surface area (Å²) in [5.41, 5.74) is 7.95. The third-order valence-corrected chi connectivity index (χ3v) is 1.30. The number of azide groups is 1. The zero-order valence-electron chi connectivity index (χ0n) is 6.29. The lowest BCUT2D eigenvalue weighted by Gasteiger charge is -2.01. The standard InChI is InChI=1S/C6H8N4O2/c7-10-9-2-1-5(11)6-8-3-4-12-6/h3-5,11H,1-2H2/t5-/m0/s1. The summed E-state index contributed by atoms with van der Waals surface area (Å²) in [5.74, 6) is 0.253. The molecule has 0 saturated carbocycles. The van der Waals surface area contributed by atoms with Crippen molar-refractivity contribution in [2.24, 2.45) is 5.11 Å². The van der Waals surface area contributed by atoms with Gasteiger partial charge in [0, 0.05) is 11.5 Å². The van der Waals surface area contributed by atoms with Crippen molar-refractivity contribution >= 4 is 0 Å². The Morgan fingerprint density at radius 2 is 2.67 bits per heavy atom. The van der Waals surface area contributed by atoms with E-state index >= 15 is 0 Å². The van der Waals surface area contributed by atoms with Gasteiger partial charge >= 0.3 is 0 Å². The zero-order valence-corrected chi connectivity index (χ0v) is 6.29. The molecular formula is C6H8N4O2. The molecule has 0 amide bonds. The highest BCUT2D eigenvalue weighted by molar-refractivity contribution is 4.85. The van der Waals surface area contributed by atoms with Gasteiger partial charge in [0.15, 0.2) is 0 Å². The molecule has 1 heterocycles. The van der Waals surface area contributed by atoms with Crippen LogP contribution in [0.4, 0.5) is 0 Å². The predicted molar refractivity (Wildman–Crippen MR) is 40.1 cm³/mol. The van der Waals surface area contributed by atoms with Crippen molar-refractivity contribution in [1.29, 1.82) is 0 Å². The van der Waals surface area contributed by atoms with Crippen LogP contribution in [0.3, 0.4) is 0 Å². The summed E-state index contributed by atoms with van der Waals surface area (Å²) in [4.78, 5) is 6.30. The van der Waals surface area contributed by atoms with E-state index in [0.717, 1.165) is 0 Å². The highest BCUT2D eigenvalue weighted by Crippen LogP contribution is 2.13. The van der Waals surface area contributed by atoms with Gasteiger partial charge in [-0.15, -0.1) is 0 Å². The van der Waals surface area contributed by atoms with Gasteiger partial charge in [0.25, 0.3) is 0 Å². The fourth-order valence-corrected chi connectivity index (χ4v) is 0.747. The van der Waals surface area contributed by atoms with Gasteiger partial charge in [-0.05, 0) is 12.0 Å². The van der Waals surface area contributed by atoms with Crippen LogP contribution in [0.15, 0.2) is 22.0 Å². The third kappa shape index (κ3) is 2.26. The average molecular weight is 168 g/mol. The molecule has 0 aliphatic heterocycles. The summed E-state index contributed by atoms with van der Waals surface area (Å²) in [5, 5.41) is 12.6. The van der Waals surface area contributed by atoms with E-state index in [2.05, 4.69) is 15.0 Å². The molecule has 0 aliphatic rings. The van der Waals surface area contributed by atoms with Crippen LogP contribution in [-0.2, 0) is 0 Å². The molecule has 12 heavy (non-hydrogen) atoms. The molecule has 6 nitrogen and oxygen atoms in total. The van der Waals surface area contributed by atoms with Crippen LogP contribution in [0.1, 0.15) is 18.4 Å². The monoisotopic (exact) mass is 168 g/mol. The van der Waals surface area contributed by atoms with Crippen molar-refractivity contribution in [3.05, 3.63) is 28.8 Å². The van der Waals surface area contributed by atoms with Crippen molar-refractivity contribution in [2.45, 2.75) is 12.5 Å². The lowest BCUT2D eigenvalue weighted by molar-refractivity contribution is 0.136. The first-order chi connectivity index (χ1) is 5.84. The van der Waals surface area contributed by atoms with Crippen molar-refractivity contribution in [3.8, 4) is 0 Å². The first-order valence-electron chi connectivity index (χ1n) is 3.43. The molecule has 1 aromatic heterocycles. The van der Waals surface area contributed by atoms with Crippen molar-refractivity contribution in [2.75, 3.05) is 6.54 Å². The zero-order chi connectivity index (χ0) is 8.81. The highest BCUT2D eigenvalue weighted by Gasteiger charge is 2.10. The Kier molecular flexibility index (Phi) is 3.13. The molecule has 0 bridgehead atoms. The SMILES string of the molecule is [N-]=[N+]=NCC[C@H](O)c1ncco1. The van der Waals surface area contributed by atoms with Crippen LogP contribution in [0.25, 0.3) is 10.4 Å². The van der Waals surface area contributed by atoms with Crippen LogP contribution in [0.2, 0.25) is 0 Å². The number of aromatic nitrogens is 1. The van der Waals surface area contributed by atoms with E-state index in [1.807, 2.05) is 0 Å². The quantitative estimate of drug-likeness (QED) is 0.418. The first-order valence-corrected chi connectivity index (χ1v) is 3.43. The highest BCUT2D eigenvalue weighted by atomic mass is 16.4. The smallest absolute Gasteiger partial charge is 0.222 e. The normalized spacial score (nSPS) is 12.1. The third-order valence-electron chi connectivity index (χ3n) is 1.30. The fraction of sp³-hybridized carbons (Fsp3) is 0.500. The topological polar surface area (TPSA) is 95.0 Å². The molecule has 1 aromatic rings. The van der Waals surface area contributed by atoms with Crippen LogP contribution < -0.4 is 0 Å². The summed E-state index contributed by atoms with van der Waals surface area (Å²) >= 11 is 0. The molecule has 0 saturated heterocycles.